The molecule has 2 nitrogen and oxygen atoms in total. The number of hydrogen-bond donors (Lipinski definition) is 2. The number of halogens is 6. The van der Waals surface area contributed by atoms with E-state index in [1.54, 1.807) is 0 Å². The van der Waals surface area contributed by atoms with Gasteiger partial charge in [0, 0.05) is 24.7 Å². The third-order valence-corrected chi connectivity index (χ3v) is 4.84. The highest BCUT2D eigenvalue weighted by atomic mass is 19.4. The number of alkyl halides is 6. The zero-order valence-corrected chi connectivity index (χ0v) is 14.8. The van der Waals surface area contributed by atoms with Crippen molar-refractivity contribution in [3.05, 3.63) is 34.9 Å². The van der Waals surface area contributed by atoms with Crippen molar-refractivity contribution in [2.75, 3.05) is 0 Å². The molecule has 0 aliphatic carbocycles. The number of rotatable bonds is 5. The lowest BCUT2D eigenvalue weighted by molar-refractivity contribution is -0.143. The van der Waals surface area contributed by atoms with Crippen LogP contribution >= 0.6 is 0 Å². The second-order valence-electron chi connectivity index (χ2n) is 6.84. The SMILES string of the molecule is CC[C@@H]1C[C@H](NCc2cc(C(F)(F)F)cc(C(F)(F)F)c2)C[C@H](CC)N1. The zero-order chi connectivity index (χ0) is 19.5. The van der Waals surface area contributed by atoms with Crippen LogP contribution in [0.1, 0.15) is 56.2 Å². The maximum atomic E-state index is 12.9. The molecule has 2 N–H and O–H groups in total. The Labute approximate surface area is 149 Å². The number of hydrogen-bond acceptors (Lipinski definition) is 2. The topological polar surface area (TPSA) is 24.1 Å². The predicted octanol–water partition coefficient (Wildman–Crippen LogP) is 5.12. The molecular formula is C18H24F6N2. The van der Waals surface area contributed by atoms with Crippen molar-refractivity contribution in [3.8, 4) is 0 Å². The number of piperidine rings is 1. The second-order valence-corrected chi connectivity index (χ2v) is 6.84. The van der Waals surface area contributed by atoms with Crippen LogP contribution in [0.5, 0.6) is 0 Å². The maximum absolute atomic E-state index is 12.9. The quantitative estimate of drug-likeness (QED) is 0.691. The van der Waals surface area contributed by atoms with Crippen molar-refractivity contribution >= 4 is 0 Å². The van der Waals surface area contributed by atoms with Crippen molar-refractivity contribution in [3.63, 3.8) is 0 Å². The molecule has 1 aromatic carbocycles. The van der Waals surface area contributed by atoms with Crippen molar-refractivity contribution in [1.29, 1.82) is 0 Å². The van der Waals surface area contributed by atoms with Gasteiger partial charge in [0.1, 0.15) is 0 Å². The van der Waals surface area contributed by atoms with Gasteiger partial charge in [0.15, 0.2) is 0 Å². The van der Waals surface area contributed by atoms with Crippen LogP contribution in [0, 0.1) is 0 Å². The first-order valence-electron chi connectivity index (χ1n) is 8.80. The zero-order valence-electron chi connectivity index (χ0n) is 14.8. The van der Waals surface area contributed by atoms with Crippen molar-refractivity contribution in [2.24, 2.45) is 0 Å². The maximum Gasteiger partial charge on any atom is 0.416 e. The summed E-state index contributed by atoms with van der Waals surface area (Å²) in [6.07, 6.45) is -6.17. The average molecular weight is 382 g/mol. The third-order valence-electron chi connectivity index (χ3n) is 4.84. The van der Waals surface area contributed by atoms with Gasteiger partial charge in [-0.3, -0.25) is 0 Å². The molecule has 1 heterocycles. The van der Waals surface area contributed by atoms with E-state index in [1.165, 1.54) is 0 Å². The van der Waals surface area contributed by atoms with E-state index in [0.29, 0.717) is 12.1 Å². The van der Waals surface area contributed by atoms with Crippen LogP contribution in [0.3, 0.4) is 0 Å². The smallest absolute Gasteiger partial charge is 0.311 e. The summed E-state index contributed by atoms with van der Waals surface area (Å²) in [5.74, 6) is 0. The Bertz CT molecular complexity index is 552. The molecule has 0 unspecified atom stereocenters. The van der Waals surface area contributed by atoms with Crippen molar-refractivity contribution in [1.82, 2.24) is 10.6 Å². The van der Waals surface area contributed by atoms with Crippen molar-refractivity contribution < 1.29 is 26.3 Å². The van der Waals surface area contributed by atoms with E-state index in [1.807, 2.05) is 0 Å². The fraction of sp³-hybridized carbons (Fsp3) is 0.667. The summed E-state index contributed by atoms with van der Waals surface area (Å²) in [4.78, 5) is 0. The molecule has 2 rings (SSSR count). The molecule has 1 aliphatic heterocycles. The van der Waals surface area contributed by atoms with Gasteiger partial charge in [0.2, 0.25) is 0 Å². The van der Waals surface area contributed by atoms with Crippen LogP contribution in [0.2, 0.25) is 0 Å². The Kier molecular flexibility index (Phi) is 6.60. The highest BCUT2D eigenvalue weighted by molar-refractivity contribution is 5.33. The van der Waals surface area contributed by atoms with Gasteiger partial charge in [-0.2, -0.15) is 26.3 Å². The Morgan fingerprint density at radius 2 is 1.35 bits per heavy atom. The fourth-order valence-electron chi connectivity index (χ4n) is 3.37. The summed E-state index contributed by atoms with van der Waals surface area (Å²) in [6, 6.07) is 2.41. The van der Waals surface area contributed by atoms with Gasteiger partial charge in [-0.15, -0.1) is 0 Å². The summed E-state index contributed by atoms with van der Waals surface area (Å²) in [7, 11) is 0. The van der Waals surface area contributed by atoms with E-state index < -0.39 is 23.5 Å². The van der Waals surface area contributed by atoms with Gasteiger partial charge in [-0.25, -0.2) is 0 Å². The molecule has 0 aromatic heterocycles. The minimum absolute atomic E-state index is 0.00761. The van der Waals surface area contributed by atoms with Crippen LogP contribution in [-0.2, 0) is 18.9 Å². The molecule has 1 fully saturated rings. The monoisotopic (exact) mass is 382 g/mol. The van der Waals surface area contributed by atoms with Gasteiger partial charge in [0.05, 0.1) is 11.1 Å². The molecule has 0 amide bonds. The molecule has 26 heavy (non-hydrogen) atoms. The summed E-state index contributed by atoms with van der Waals surface area (Å²) in [6.45, 7) is 4.08. The lowest BCUT2D eigenvalue weighted by Gasteiger charge is -2.36. The first-order valence-corrected chi connectivity index (χ1v) is 8.80. The van der Waals surface area contributed by atoms with Gasteiger partial charge >= 0.3 is 12.4 Å². The molecule has 8 heteroatoms. The Hall–Kier alpha value is -1.28. The summed E-state index contributed by atoms with van der Waals surface area (Å²) in [5, 5.41) is 6.65. The van der Waals surface area contributed by atoms with Gasteiger partial charge in [0.25, 0.3) is 0 Å². The molecule has 0 bridgehead atoms. The first-order chi connectivity index (χ1) is 12.0. The molecule has 0 saturated carbocycles. The van der Waals surface area contributed by atoms with Crippen LogP contribution in [0.4, 0.5) is 26.3 Å². The van der Waals surface area contributed by atoms with Gasteiger partial charge in [-0.1, -0.05) is 13.8 Å². The first kappa shape index (κ1) is 21.0. The normalized spacial score (nSPS) is 24.7. The Balaban J connectivity index is 2.15. The largest absolute Gasteiger partial charge is 0.416 e. The van der Waals surface area contributed by atoms with Gasteiger partial charge in [-0.05, 0) is 49.4 Å². The Morgan fingerprint density at radius 1 is 0.885 bits per heavy atom. The minimum Gasteiger partial charge on any atom is -0.311 e. The summed E-state index contributed by atoms with van der Waals surface area (Å²) in [5.41, 5.74) is -2.55. The van der Waals surface area contributed by atoms with E-state index in [9.17, 15) is 26.3 Å². The van der Waals surface area contributed by atoms with Crippen molar-refractivity contribution in [2.45, 2.75) is 76.6 Å². The lowest BCUT2D eigenvalue weighted by atomic mass is 9.91. The lowest BCUT2D eigenvalue weighted by Crippen LogP contribution is -2.50. The summed E-state index contributed by atoms with van der Waals surface area (Å²) < 4.78 is 77.6. The van der Waals surface area contributed by atoms with Gasteiger partial charge < -0.3 is 10.6 Å². The minimum atomic E-state index is -4.81. The predicted molar refractivity (Wildman–Crippen MR) is 87.6 cm³/mol. The fourth-order valence-corrected chi connectivity index (χ4v) is 3.37. The molecule has 0 radical (unpaired) electrons. The van der Waals surface area contributed by atoms with E-state index in [0.717, 1.165) is 37.8 Å². The average Bonchev–Trinajstić information content (AvgIpc) is 2.57. The molecule has 1 aliphatic rings. The molecule has 0 spiro atoms. The molecular weight excluding hydrogens is 358 g/mol. The van der Waals surface area contributed by atoms with E-state index in [2.05, 4.69) is 24.5 Å². The second kappa shape index (κ2) is 8.17. The van der Waals surface area contributed by atoms with Crippen LogP contribution in [-0.4, -0.2) is 18.1 Å². The van der Waals surface area contributed by atoms with Crippen LogP contribution < -0.4 is 10.6 Å². The highest BCUT2D eigenvalue weighted by Crippen LogP contribution is 2.36. The molecule has 3 atom stereocenters. The standard InChI is InChI=1S/C18H24F6N2/c1-3-14-8-16(9-15(4-2)26-14)25-10-11-5-12(17(19,20)21)7-13(6-11)18(22,23)24/h5-7,14-16,25-26H,3-4,8-10H2,1-2H3/t14-,15+,16+. The third kappa shape index (κ3) is 5.61. The number of benzene rings is 1. The molecule has 148 valence electrons. The van der Waals surface area contributed by atoms with Crippen LogP contribution in [0.25, 0.3) is 0 Å². The number of nitrogens with one attached hydrogen (secondary N) is 2. The Morgan fingerprint density at radius 3 is 1.73 bits per heavy atom. The van der Waals surface area contributed by atoms with E-state index >= 15 is 0 Å². The van der Waals surface area contributed by atoms with E-state index in [4.69, 9.17) is 0 Å². The highest BCUT2D eigenvalue weighted by Gasteiger charge is 2.37. The van der Waals surface area contributed by atoms with E-state index in [-0.39, 0.29) is 24.2 Å². The molecule has 1 saturated heterocycles. The molecule has 1 aromatic rings. The summed E-state index contributed by atoms with van der Waals surface area (Å²) >= 11 is 0. The van der Waals surface area contributed by atoms with Crippen LogP contribution in [0.15, 0.2) is 18.2 Å².